The molecule has 4 nitrogen and oxygen atoms in total. The fourth-order valence-corrected chi connectivity index (χ4v) is 2.36. The van der Waals surface area contributed by atoms with Gasteiger partial charge < -0.3 is 15.7 Å². The maximum Gasteiger partial charge on any atom is 0.222 e. The van der Waals surface area contributed by atoms with E-state index in [9.17, 15) is 14.3 Å². The number of anilines is 1. The number of carbonyl (C=O) groups is 1. The summed E-state index contributed by atoms with van der Waals surface area (Å²) in [6.07, 6.45) is -0.0466. The third-order valence-electron chi connectivity index (χ3n) is 3.37. The monoisotopic (exact) mass is 252 g/mol. The zero-order valence-electron chi connectivity index (χ0n) is 10.3. The summed E-state index contributed by atoms with van der Waals surface area (Å²) in [7, 11) is 0. The van der Waals surface area contributed by atoms with Crippen molar-refractivity contribution in [3.63, 3.8) is 0 Å². The molecule has 1 saturated heterocycles. The van der Waals surface area contributed by atoms with Gasteiger partial charge in [0, 0.05) is 24.3 Å². The number of carbonyl (C=O) groups excluding carboxylic acids is 1. The average molecular weight is 252 g/mol. The van der Waals surface area contributed by atoms with E-state index in [0.29, 0.717) is 25.1 Å². The first-order valence-corrected chi connectivity index (χ1v) is 6.01. The molecule has 1 amide bonds. The number of hydrogen-bond acceptors (Lipinski definition) is 3. The van der Waals surface area contributed by atoms with Crippen molar-refractivity contribution in [3.05, 3.63) is 29.6 Å². The maximum atomic E-state index is 13.2. The molecule has 1 aromatic carbocycles. The molecule has 0 spiro atoms. The second-order valence-electron chi connectivity index (χ2n) is 4.71. The topological polar surface area (TPSA) is 66.6 Å². The van der Waals surface area contributed by atoms with Crippen molar-refractivity contribution in [3.8, 4) is 0 Å². The summed E-state index contributed by atoms with van der Waals surface area (Å²) < 4.78 is 13.2. The van der Waals surface area contributed by atoms with Crippen LogP contribution >= 0.6 is 0 Å². The van der Waals surface area contributed by atoms with E-state index < -0.39 is 6.10 Å². The van der Waals surface area contributed by atoms with E-state index in [1.165, 1.54) is 12.1 Å². The van der Waals surface area contributed by atoms with Crippen LogP contribution in [-0.4, -0.2) is 24.1 Å². The van der Waals surface area contributed by atoms with Gasteiger partial charge in [-0.1, -0.05) is 0 Å². The van der Waals surface area contributed by atoms with Crippen LogP contribution in [0.1, 0.15) is 25.0 Å². The summed E-state index contributed by atoms with van der Waals surface area (Å²) in [5.74, 6) is -0.851. The Balaban J connectivity index is 2.26. The normalized spacial score (nSPS) is 21.1. The Morgan fingerprint density at radius 3 is 2.89 bits per heavy atom. The second-order valence-corrected chi connectivity index (χ2v) is 4.71. The van der Waals surface area contributed by atoms with Crippen LogP contribution in [0.3, 0.4) is 0 Å². The highest BCUT2D eigenvalue weighted by atomic mass is 19.1. The molecule has 0 saturated carbocycles. The molecule has 2 atom stereocenters. The Bertz CT molecular complexity index is 462. The number of halogens is 1. The van der Waals surface area contributed by atoms with Crippen LogP contribution in [0, 0.1) is 11.7 Å². The third-order valence-corrected chi connectivity index (χ3v) is 3.37. The van der Waals surface area contributed by atoms with E-state index in [-0.39, 0.29) is 17.6 Å². The average Bonchev–Trinajstić information content (AvgIpc) is 2.78. The smallest absolute Gasteiger partial charge is 0.222 e. The first kappa shape index (κ1) is 12.8. The van der Waals surface area contributed by atoms with Crippen LogP contribution in [0.2, 0.25) is 0 Å². The van der Waals surface area contributed by atoms with Crippen molar-refractivity contribution in [1.29, 1.82) is 0 Å². The van der Waals surface area contributed by atoms with Gasteiger partial charge in [0.25, 0.3) is 0 Å². The minimum absolute atomic E-state index is 0.170. The number of rotatable bonds is 3. The van der Waals surface area contributed by atoms with E-state index in [4.69, 9.17) is 5.73 Å². The van der Waals surface area contributed by atoms with Crippen molar-refractivity contribution in [2.75, 3.05) is 18.0 Å². The summed E-state index contributed by atoms with van der Waals surface area (Å²) in [5.41, 5.74) is 6.60. The molecule has 0 aromatic heterocycles. The van der Waals surface area contributed by atoms with Crippen molar-refractivity contribution in [1.82, 2.24) is 0 Å². The van der Waals surface area contributed by atoms with Gasteiger partial charge in [0.2, 0.25) is 5.91 Å². The molecular formula is C13H17FN2O2. The standard InChI is InChI=1S/C13H17FN2O2/c1-8(17)11-6-10(14)2-3-12(11)16-5-4-9(7-16)13(15)18/h2-3,6,8-9,17H,4-5,7H2,1H3,(H2,15,18)/t8-,9?/m1/s1. The van der Waals surface area contributed by atoms with Crippen molar-refractivity contribution in [2.45, 2.75) is 19.4 Å². The SMILES string of the molecule is C[C@@H](O)c1cc(F)ccc1N1CCC(C(N)=O)C1. The Kier molecular flexibility index (Phi) is 3.52. The summed E-state index contributed by atoms with van der Waals surface area (Å²) in [6, 6.07) is 4.33. The van der Waals surface area contributed by atoms with Crippen LogP contribution in [-0.2, 0) is 4.79 Å². The van der Waals surface area contributed by atoms with E-state index in [1.807, 2.05) is 4.90 Å². The van der Waals surface area contributed by atoms with Crippen molar-refractivity contribution in [2.24, 2.45) is 11.7 Å². The zero-order valence-corrected chi connectivity index (χ0v) is 10.3. The number of nitrogens with two attached hydrogens (primary N) is 1. The lowest BCUT2D eigenvalue weighted by Crippen LogP contribution is -2.27. The van der Waals surface area contributed by atoms with Gasteiger partial charge >= 0.3 is 0 Å². The molecule has 1 aliphatic heterocycles. The lowest BCUT2D eigenvalue weighted by atomic mass is 10.1. The van der Waals surface area contributed by atoms with E-state index >= 15 is 0 Å². The van der Waals surface area contributed by atoms with Gasteiger partial charge in [0.05, 0.1) is 12.0 Å². The van der Waals surface area contributed by atoms with Crippen LogP contribution in [0.15, 0.2) is 18.2 Å². The first-order chi connectivity index (χ1) is 8.49. The number of benzene rings is 1. The van der Waals surface area contributed by atoms with Crippen LogP contribution < -0.4 is 10.6 Å². The highest BCUT2D eigenvalue weighted by Crippen LogP contribution is 2.31. The van der Waals surface area contributed by atoms with Gasteiger partial charge in [-0.3, -0.25) is 4.79 Å². The summed E-state index contributed by atoms with van der Waals surface area (Å²) in [4.78, 5) is 13.1. The lowest BCUT2D eigenvalue weighted by Gasteiger charge is -2.23. The fourth-order valence-electron chi connectivity index (χ4n) is 2.36. The minimum Gasteiger partial charge on any atom is -0.389 e. The van der Waals surface area contributed by atoms with Crippen LogP contribution in [0.25, 0.3) is 0 Å². The largest absolute Gasteiger partial charge is 0.389 e. The van der Waals surface area contributed by atoms with Crippen LogP contribution in [0.4, 0.5) is 10.1 Å². The fraction of sp³-hybridized carbons (Fsp3) is 0.462. The highest BCUT2D eigenvalue weighted by molar-refractivity contribution is 5.78. The van der Waals surface area contributed by atoms with E-state index in [1.54, 1.807) is 13.0 Å². The number of nitrogens with zero attached hydrogens (tertiary/aromatic N) is 1. The minimum atomic E-state index is -0.747. The number of hydrogen-bond donors (Lipinski definition) is 2. The molecule has 18 heavy (non-hydrogen) atoms. The Hall–Kier alpha value is -1.62. The van der Waals surface area contributed by atoms with Gasteiger partial charge in [-0.2, -0.15) is 0 Å². The number of aliphatic hydroxyl groups is 1. The molecule has 1 unspecified atom stereocenters. The Morgan fingerprint density at radius 2 is 2.33 bits per heavy atom. The van der Waals surface area contributed by atoms with Crippen LogP contribution in [0.5, 0.6) is 0 Å². The molecule has 3 N–H and O–H groups in total. The van der Waals surface area contributed by atoms with E-state index in [2.05, 4.69) is 0 Å². The Labute approximate surface area is 105 Å². The summed E-state index contributed by atoms with van der Waals surface area (Å²) in [6.45, 7) is 2.82. The molecule has 2 rings (SSSR count). The maximum absolute atomic E-state index is 13.2. The molecule has 1 heterocycles. The molecule has 1 aliphatic rings. The third kappa shape index (κ3) is 2.46. The quantitative estimate of drug-likeness (QED) is 0.849. The number of amides is 1. The molecule has 1 aromatic rings. The van der Waals surface area contributed by atoms with Gasteiger partial charge in [0.15, 0.2) is 0 Å². The van der Waals surface area contributed by atoms with E-state index in [0.717, 1.165) is 5.69 Å². The second kappa shape index (κ2) is 4.94. The lowest BCUT2D eigenvalue weighted by molar-refractivity contribution is -0.121. The predicted molar refractivity (Wildman–Crippen MR) is 66.5 cm³/mol. The van der Waals surface area contributed by atoms with Gasteiger partial charge in [-0.05, 0) is 31.5 Å². The molecule has 1 fully saturated rings. The number of aliphatic hydroxyl groups excluding tert-OH is 1. The molecular weight excluding hydrogens is 235 g/mol. The molecule has 98 valence electrons. The highest BCUT2D eigenvalue weighted by Gasteiger charge is 2.28. The molecule has 0 aliphatic carbocycles. The summed E-state index contributed by atoms with van der Waals surface area (Å²) >= 11 is 0. The first-order valence-electron chi connectivity index (χ1n) is 6.01. The molecule has 0 radical (unpaired) electrons. The number of primary amides is 1. The van der Waals surface area contributed by atoms with Gasteiger partial charge in [-0.25, -0.2) is 4.39 Å². The Morgan fingerprint density at radius 1 is 1.61 bits per heavy atom. The van der Waals surface area contributed by atoms with Gasteiger partial charge in [0.1, 0.15) is 5.82 Å². The van der Waals surface area contributed by atoms with Crippen molar-refractivity contribution < 1.29 is 14.3 Å². The predicted octanol–water partition coefficient (Wildman–Crippen LogP) is 1.19. The van der Waals surface area contributed by atoms with Gasteiger partial charge in [-0.15, -0.1) is 0 Å². The molecule has 0 bridgehead atoms. The summed E-state index contributed by atoms with van der Waals surface area (Å²) in [5, 5.41) is 9.68. The zero-order chi connectivity index (χ0) is 13.3. The molecule has 5 heteroatoms. The van der Waals surface area contributed by atoms with Crippen molar-refractivity contribution >= 4 is 11.6 Å².